The number of hydrogen-bond donors (Lipinski definition) is 0. The zero-order valence-electron chi connectivity index (χ0n) is 15.4. The molecule has 1 aromatic heterocycles. The van der Waals surface area contributed by atoms with Crippen LogP contribution in [0, 0.1) is 10.1 Å². The van der Waals surface area contributed by atoms with Gasteiger partial charge in [-0.15, -0.1) is 0 Å². The zero-order valence-corrected chi connectivity index (χ0v) is 16.2. The predicted octanol–water partition coefficient (Wildman–Crippen LogP) is 1.44. The molecule has 1 aromatic carbocycles. The van der Waals surface area contributed by atoms with Crippen molar-refractivity contribution in [3.8, 4) is 0 Å². The molecule has 27 heavy (non-hydrogen) atoms. The SMILES string of the molecule is Cn1cc(CN2CCCN(c3ccc([N+](=O)[O-])c(S(C)(=O)=O)c3)CC2)cn1. The molecule has 0 atom stereocenters. The van der Waals surface area contributed by atoms with Crippen molar-refractivity contribution in [2.45, 2.75) is 17.9 Å². The summed E-state index contributed by atoms with van der Waals surface area (Å²) in [6.07, 6.45) is 5.78. The summed E-state index contributed by atoms with van der Waals surface area (Å²) in [5, 5.41) is 15.3. The van der Waals surface area contributed by atoms with Crippen molar-refractivity contribution in [2.24, 2.45) is 7.05 Å². The van der Waals surface area contributed by atoms with Gasteiger partial charge in [0.2, 0.25) is 0 Å². The molecule has 10 heteroatoms. The van der Waals surface area contributed by atoms with Crippen LogP contribution in [0.25, 0.3) is 0 Å². The second-order valence-corrected chi connectivity index (χ2v) is 8.80. The molecule has 0 unspecified atom stereocenters. The van der Waals surface area contributed by atoms with Crippen molar-refractivity contribution in [3.05, 3.63) is 46.3 Å². The quantitative estimate of drug-likeness (QED) is 0.559. The Hall–Kier alpha value is -2.46. The van der Waals surface area contributed by atoms with E-state index in [9.17, 15) is 18.5 Å². The topological polar surface area (TPSA) is 102 Å². The minimum Gasteiger partial charge on any atom is -0.370 e. The van der Waals surface area contributed by atoms with Gasteiger partial charge in [-0.2, -0.15) is 5.10 Å². The third-order valence-electron chi connectivity index (χ3n) is 4.66. The van der Waals surface area contributed by atoms with E-state index < -0.39 is 14.8 Å². The van der Waals surface area contributed by atoms with Crippen LogP contribution >= 0.6 is 0 Å². The van der Waals surface area contributed by atoms with E-state index in [-0.39, 0.29) is 10.6 Å². The first-order chi connectivity index (χ1) is 12.7. The van der Waals surface area contributed by atoms with E-state index in [1.165, 1.54) is 12.1 Å². The molecule has 0 radical (unpaired) electrons. The summed E-state index contributed by atoms with van der Waals surface area (Å²) < 4.78 is 25.7. The maximum atomic E-state index is 12.0. The van der Waals surface area contributed by atoms with Gasteiger partial charge < -0.3 is 4.90 Å². The molecule has 0 saturated carbocycles. The molecule has 1 aliphatic rings. The minimum atomic E-state index is -3.69. The van der Waals surface area contributed by atoms with Gasteiger partial charge in [0.25, 0.3) is 5.69 Å². The van der Waals surface area contributed by atoms with Gasteiger partial charge in [0.05, 0.1) is 11.1 Å². The molecule has 0 N–H and O–H groups in total. The van der Waals surface area contributed by atoms with Crippen LogP contribution in [0.3, 0.4) is 0 Å². The van der Waals surface area contributed by atoms with Gasteiger partial charge in [-0.3, -0.25) is 19.7 Å². The normalized spacial score (nSPS) is 16.3. The Morgan fingerprint density at radius 3 is 2.63 bits per heavy atom. The van der Waals surface area contributed by atoms with Crippen LogP contribution in [0.15, 0.2) is 35.5 Å². The largest absolute Gasteiger partial charge is 0.370 e. The Kier molecular flexibility index (Phi) is 5.47. The maximum absolute atomic E-state index is 12.0. The predicted molar refractivity (Wildman–Crippen MR) is 102 cm³/mol. The summed E-state index contributed by atoms with van der Waals surface area (Å²) in [4.78, 5) is 14.7. The number of hydrogen-bond acceptors (Lipinski definition) is 7. The van der Waals surface area contributed by atoms with E-state index in [1.807, 2.05) is 19.4 Å². The molecule has 1 fully saturated rings. The molecule has 2 heterocycles. The van der Waals surface area contributed by atoms with Crippen LogP contribution in [-0.2, 0) is 23.4 Å². The second kappa shape index (κ2) is 7.65. The first kappa shape index (κ1) is 19.3. The van der Waals surface area contributed by atoms with Crippen molar-refractivity contribution in [1.82, 2.24) is 14.7 Å². The Morgan fingerprint density at radius 1 is 1.22 bits per heavy atom. The molecular formula is C17H23N5O4S. The maximum Gasteiger partial charge on any atom is 0.288 e. The summed E-state index contributed by atoms with van der Waals surface area (Å²) >= 11 is 0. The van der Waals surface area contributed by atoms with Crippen molar-refractivity contribution >= 4 is 21.2 Å². The van der Waals surface area contributed by atoms with Gasteiger partial charge in [-0.05, 0) is 18.6 Å². The fourth-order valence-corrected chi connectivity index (χ4v) is 4.20. The third kappa shape index (κ3) is 4.64. The van der Waals surface area contributed by atoms with E-state index >= 15 is 0 Å². The van der Waals surface area contributed by atoms with E-state index in [0.717, 1.165) is 51.0 Å². The summed E-state index contributed by atoms with van der Waals surface area (Å²) in [5.41, 5.74) is 1.47. The van der Waals surface area contributed by atoms with Gasteiger partial charge in [-0.1, -0.05) is 0 Å². The zero-order chi connectivity index (χ0) is 19.6. The van der Waals surface area contributed by atoms with E-state index in [1.54, 1.807) is 10.7 Å². The molecule has 2 aromatic rings. The van der Waals surface area contributed by atoms with Crippen LogP contribution in [0.4, 0.5) is 11.4 Å². The number of nitro benzene ring substituents is 1. The van der Waals surface area contributed by atoms with Gasteiger partial charge in [0.15, 0.2) is 9.84 Å². The molecule has 1 aliphatic heterocycles. The highest BCUT2D eigenvalue weighted by molar-refractivity contribution is 7.90. The minimum absolute atomic E-state index is 0.235. The van der Waals surface area contributed by atoms with Gasteiger partial charge in [0, 0.05) is 69.5 Å². The van der Waals surface area contributed by atoms with Crippen LogP contribution in [-0.4, -0.2) is 60.5 Å². The van der Waals surface area contributed by atoms with Crippen LogP contribution < -0.4 is 4.90 Å². The highest BCUT2D eigenvalue weighted by atomic mass is 32.2. The molecule has 3 rings (SSSR count). The molecule has 0 amide bonds. The standard InChI is InChI=1S/C17H23N5O4S/c1-19-12-14(11-18-19)13-20-6-3-7-21(9-8-20)15-4-5-16(22(23)24)17(10-15)27(2,25)26/h4-5,10-12H,3,6-9,13H2,1-2H3. The summed E-state index contributed by atoms with van der Waals surface area (Å²) in [6.45, 7) is 4.06. The monoisotopic (exact) mass is 393 g/mol. The van der Waals surface area contributed by atoms with Gasteiger partial charge in [-0.25, -0.2) is 8.42 Å². The van der Waals surface area contributed by atoms with Crippen LogP contribution in [0.5, 0.6) is 0 Å². The third-order valence-corrected chi connectivity index (χ3v) is 5.78. The summed E-state index contributed by atoms with van der Waals surface area (Å²) in [5.74, 6) is 0. The molecule has 9 nitrogen and oxygen atoms in total. The lowest BCUT2D eigenvalue weighted by Gasteiger charge is -2.24. The van der Waals surface area contributed by atoms with Crippen LogP contribution in [0.2, 0.25) is 0 Å². The van der Waals surface area contributed by atoms with Gasteiger partial charge >= 0.3 is 0 Å². The fraction of sp³-hybridized carbons (Fsp3) is 0.471. The highest BCUT2D eigenvalue weighted by Crippen LogP contribution is 2.29. The molecular weight excluding hydrogens is 370 g/mol. The number of aryl methyl sites for hydroxylation is 1. The highest BCUT2D eigenvalue weighted by Gasteiger charge is 2.24. The molecule has 146 valence electrons. The number of rotatable bonds is 5. The summed E-state index contributed by atoms with van der Waals surface area (Å²) in [7, 11) is -1.80. The van der Waals surface area contributed by atoms with Crippen molar-refractivity contribution < 1.29 is 13.3 Å². The van der Waals surface area contributed by atoms with Crippen LogP contribution in [0.1, 0.15) is 12.0 Å². The van der Waals surface area contributed by atoms with Crippen molar-refractivity contribution in [1.29, 1.82) is 0 Å². The average Bonchev–Trinajstić information content (AvgIpc) is 2.87. The molecule has 0 bridgehead atoms. The van der Waals surface area contributed by atoms with E-state index in [2.05, 4.69) is 14.9 Å². The number of benzene rings is 1. The molecule has 0 aliphatic carbocycles. The fourth-order valence-electron chi connectivity index (χ4n) is 3.35. The number of anilines is 1. The Labute approximate surface area is 158 Å². The lowest BCUT2D eigenvalue weighted by molar-refractivity contribution is -0.387. The van der Waals surface area contributed by atoms with E-state index in [0.29, 0.717) is 5.69 Å². The van der Waals surface area contributed by atoms with Crippen molar-refractivity contribution in [2.75, 3.05) is 37.3 Å². The average molecular weight is 393 g/mol. The first-order valence-electron chi connectivity index (χ1n) is 8.67. The number of nitrogens with zero attached hydrogens (tertiary/aromatic N) is 5. The summed E-state index contributed by atoms with van der Waals surface area (Å²) in [6, 6.07) is 4.33. The van der Waals surface area contributed by atoms with Crippen molar-refractivity contribution in [3.63, 3.8) is 0 Å². The Balaban J connectivity index is 1.76. The lowest BCUT2D eigenvalue weighted by Crippen LogP contribution is -2.30. The Morgan fingerprint density at radius 2 is 2.00 bits per heavy atom. The molecule has 0 spiro atoms. The van der Waals surface area contributed by atoms with Gasteiger partial charge in [0.1, 0.15) is 4.90 Å². The lowest BCUT2D eigenvalue weighted by atomic mass is 10.2. The van der Waals surface area contributed by atoms with E-state index in [4.69, 9.17) is 0 Å². The molecule has 1 saturated heterocycles. The Bertz CT molecular complexity index is 941. The second-order valence-electron chi connectivity index (χ2n) is 6.82. The smallest absolute Gasteiger partial charge is 0.288 e. The number of nitro groups is 1. The number of aromatic nitrogens is 2. The number of sulfone groups is 1. The first-order valence-corrected chi connectivity index (χ1v) is 10.6.